The van der Waals surface area contributed by atoms with Gasteiger partial charge < -0.3 is 15.2 Å². The molecule has 0 aliphatic heterocycles. The maximum Gasteiger partial charge on any atom is 0.258 e. The molecule has 0 radical (unpaired) electrons. The van der Waals surface area contributed by atoms with Crippen molar-refractivity contribution in [1.82, 2.24) is 5.32 Å². The Bertz CT molecular complexity index is 408. The Hall–Kier alpha value is -1.07. The van der Waals surface area contributed by atoms with Gasteiger partial charge >= 0.3 is 0 Å². The van der Waals surface area contributed by atoms with Crippen LogP contribution in [0, 0.1) is 0 Å². The van der Waals surface area contributed by atoms with Gasteiger partial charge in [-0.05, 0) is 44.0 Å². The Kier molecular flexibility index (Phi) is 6.31. The number of hydrogen-bond donors (Lipinski definition) is 2. The fraction of sp³-hybridized carbons (Fsp3) is 0.500. The molecule has 1 rings (SSSR count). The summed E-state index contributed by atoms with van der Waals surface area (Å²) in [6.45, 7) is 3.92. The van der Waals surface area contributed by atoms with Crippen LogP contribution in [0.1, 0.15) is 26.7 Å². The molecular weight excluding hydrogens is 310 g/mol. The number of nitrogens with one attached hydrogen (secondary N) is 1. The summed E-state index contributed by atoms with van der Waals surface area (Å²) >= 11 is 3.33. The third kappa shape index (κ3) is 5.61. The molecular formula is C14H20BrNO3. The first-order valence-corrected chi connectivity index (χ1v) is 7.08. The number of ether oxygens (including phenoxy) is 1. The molecule has 106 valence electrons. The molecule has 19 heavy (non-hydrogen) atoms. The number of hydrogen-bond acceptors (Lipinski definition) is 3. The number of carbonyl (C=O) groups excluding carboxylic acids is 1. The lowest BCUT2D eigenvalue weighted by atomic mass is 9.95. The number of benzene rings is 1. The van der Waals surface area contributed by atoms with Crippen molar-refractivity contribution < 1.29 is 14.6 Å². The SMILES string of the molecule is CCC(C)(CCO)NC(=O)COc1ccc(Br)cc1. The number of amides is 1. The molecule has 0 aliphatic rings. The molecule has 1 atom stereocenters. The fourth-order valence-corrected chi connectivity index (χ4v) is 1.89. The highest BCUT2D eigenvalue weighted by atomic mass is 79.9. The van der Waals surface area contributed by atoms with Gasteiger partial charge in [0, 0.05) is 16.6 Å². The smallest absolute Gasteiger partial charge is 0.258 e. The van der Waals surface area contributed by atoms with Crippen LogP contribution in [0.4, 0.5) is 0 Å². The summed E-state index contributed by atoms with van der Waals surface area (Å²) in [5, 5.41) is 11.9. The predicted octanol–water partition coefficient (Wildman–Crippen LogP) is 2.50. The highest BCUT2D eigenvalue weighted by Crippen LogP contribution is 2.16. The van der Waals surface area contributed by atoms with Crippen LogP contribution < -0.4 is 10.1 Å². The third-order valence-electron chi connectivity index (χ3n) is 3.07. The van der Waals surface area contributed by atoms with E-state index in [-0.39, 0.29) is 24.7 Å². The van der Waals surface area contributed by atoms with E-state index in [2.05, 4.69) is 21.2 Å². The Balaban J connectivity index is 2.45. The Labute approximate surface area is 122 Å². The highest BCUT2D eigenvalue weighted by molar-refractivity contribution is 9.10. The summed E-state index contributed by atoms with van der Waals surface area (Å²) in [6.07, 6.45) is 1.30. The molecule has 0 saturated carbocycles. The first-order chi connectivity index (χ1) is 8.99. The molecule has 0 fully saturated rings. The van der Waals surface area contributed by atoms with Crippen LogP contribution >= 0.6 is 15.9 Å². The van der Waals surface area contributed by atoms with Crippen molar-refractivity contribution in [2.45, 2.75) is 32.2 Å². The van der Waals surface area contributed by atoms with Gasteiger partial charge in [0.05, 0.1) is 0 Å². The fourth-order valence-electron chi connectivity index (χ4n) is 1.63. The largest absolute Gasteiger partial charge is 0.484 e. The van der Waals surface area contributed by atoms with E-state index in [4.69, 9.17) is 9.84 Å². The average Bonchev–Trinajstić information content (AvgIpc) is 2.38. The summed E-state index contributed by atoms with van der Waals surface area (Å²) in [4.78, 5) is 11.8. The van der Waals surface area contributed by atoms with E-state index in [1.165, 1.54) is 0 Å². The second-order valence-electron chi connectivity index (χ2n) is 4.68. The zero-order chi connectivity index (χ0) is 14.3. The number of aliphatic hydroxyl groups is 1. The molecule has 0 aromatic heterocycles. The monoisotopic (exact) mass is 329 g/mol. The lowest BCUT2D eigenvalue weighted by Crippen LogP contribution is -2.47. The van der Waals surface area contributed by atoms with E-state index in [0.717, 1.165) is 10.9 Å². The lowest BCUT2D eigenvalue weighted by molar-refractivity contribution is -0.125. The van der Waals surface area contributed by atoms with Crippen LogP contribution in [0.2, 0.25) is 0 Å². The van der Waals surface area contributed by atoms with Gasteiger partial charge in [-0.2, -0.15) is 0 Å². The van der Waals surface area contributed by atoms with Crippen molar-refractivity contribution >= 4 is 21.8 Å². The highest BCUT2D eigenvalue weighted by Gasteiger charge is 2.23. The summed E-state index contributed by atoms with van der Waals surface area (Å²) in [6, 6.07) is 7.30. The van der Waals surface area contributed by atoms with Gasteiger partial charge in [-0.1, -0.05) is 22.9 Å². The zero-order valence-electron chi connectivity index (χ0n) is 11.3. The molecule has 1 aromatic rings. The van der Waals surface area contributed by atoms with Crippen molar-refractivity contribution in [3.8, 4) is 5.75 Å². The summed E-state index contributed by atoms with van der Waals surface area (Å²) in [5.74, 6) is 0.472. The van der Waals surface area contributed by atoms with E-state index < -0.39 is 0 Å². The molecule has 0 aliphatic carbocycles. The van der Waals surface area contributed by atoms with Gasteiger partial charge in [0.2, 0.25) is 0 Å². The van der Waals surface area contributed by atoms with E-state index in [9.17, 15) is 4.79 Å². The van der Waals surface area contributed by atoms with Crippen molar-refractivity contribution in [2.75, 3.05) is 13.2 Å². The molecule has 0 heterocycles. The second-order valence-corrected chi connectivity index (χ2v) is 5.59. The topological polar surface area (TPSA) is 58.6 Å². The summed E-state index contributed by atoms with van der Waals surface area (Å²) in [7, 11) is 0. The van der Waals surface area contributed by atoms with Gasteiger partial charge in [0.15, 0.2) is 6.61 Å². The number of aliphatic hydroxyl groups excluding tert-OH is 1. The molecule has 4 nitrogen and oxygen atoms in total. The van der Waals surface area contributed by atoms with Gasteiger partial charge in [0.1, 0.15) is 5.75 Å². The van der Waals surface area contributed by atoms with Crippen molar-refractivity contribution in [1.29, 1.82) is 0 Å². The van der Waals surface area contributed by atoms with Gasteiger partial charge in [-0.15, -0.1) is 0 Å². The van der Waals surface area contributed by atoms with Crippen molar-refractivity contribution in [2.24, 2.45) is 0 Å². The predicted molar refractivity (Wildman–Crippen MR) is 78.2 cm³/mol. The standard InChI is InChI=1S/C14H20BrNO3/c1-3-14(2,8-9-17)16-13(18)10-19-12-6-4-11(15)5-7-12/h4-7,17H,3,8-10H2,1-2H3,(H,16,18). The number of halogens is 1. The van der Waals surface area contributed by atoms with Crippen molar-refractivity contribution in [3.63, 3.8) is 0 Å². The summed E-state index contributed by atoms with van der Waals surface area (Å²) < 4.78 is 6.36. The van der Waals surface area contributed by atoms with Gasteiger partial charge in [0.25, 0.3) is 5.91 Å². The van der Waals surface area contributed by atoms with Crippen LogP contribution in [0.25, 0.3) is 0 Å². The third-order valence-corrected chi connectivity index (χ3v) is 3.60. The van der Waals surface area contributed by atoms with Gasteiger partial charge in [-0.3, -0.25) is 4.79 Å². The number of rotatable bonds is 7. The van der Waals surface area contributed by atoms with E-state index in [1.54, 1.807) is 12.1 Å². The lowest BCUT2D eigenvalue weighted by Gasteiger charge is -2.28. The van der Waals surface area contributed by atoms with E-state index in [1.807, 2.05) is 26.0 Å². The second kappa shape index (κ2) is 7.50. The minimum absolute atomic E-state index is 0.0251. The van der Waals surface area contributed by atoms with Crippen molar-refractivity contribution in [3.05, 3.63) is 28.7 Å². The van der Waals surface area contributed by atoms with E-state index in [0.29, 0.717) is 12.2 Å². The molecule has 5 heteroatoms. The molecule has 0 bridgehead atoms. The van der Waals surface area contributed by atoms with Crippen LogP contribution in [0.5, 0.6) is 5.75 Å². The molecule has 0 spiro atoms. The maximum absolute atomic E-state index is 11.8. The first kappa shape index (κ1) is 16.0. The minimum atomic E-state index is -0.380. The van der Waals surface area contributed by atoms with Crippen LogP contribution in [0.3, 0.4) is 0 Å². The van der Waals surface area contributed by atoms with Gasteiger partial charge in [-0.25, -0.2) is 0 Å². The normalized spacial score (nSPS) is 13.7. The molecule has 2 N–H and O–H groups in total. The van der Waals surface area contributed by atoms with Crippen LogP contribution in [-0.2, 0) is 4.79 Å². The zero-order valence-corrected chi connectivity index (χ0v) is 12.9. The quantitative estimate of drug-likeness (QED) is 0.808. The number of carbonyl (C=O) groups is 1. The Morgan fingerprint density at radius 2 is 2.05 bits per heavy atom. The van der Waals surface area contributed by atoms with Crippen LogP contribution in [-0.4, -0.2) is 29.8 Å². The average molecular weight is 330 g/mol. The van der Waals surface area contributed by atoms with Crippen LogP contribution in [0.15, 0.2) is 28.7 Å². The molecule has 0 saturated heterocycles. The van der Waals surface area contributed by atoms with E-state index >= 15 is 0 Å². The first-order valence-electron chi connectivity index (χ1n) is 6.29. The summed E-state index contributed by atoms with van der Waals surface area (Å²) in [5.41, 5.74) is -0.380. The maximum atomic E-state index is 11.8. The molecule has 1 amide bonds. The minimum Gasteiger partial charge on any atom is -0.484 e. The Morgan fingerprint density at radius 3 is 2.58 bits per heavy atom. The molecule has 1 aromatic carbocycles. The molecule has 1 unspecified atom stereocenters. The Morgan fingerprint density at radius 1 is 1.42 bits per heavy atom.